The van der Waals surface area contributed by atoms with Gasteiger partial charge < -0.3 is 10.4 Å². The summed E-state index contributed by atoms with van der Waals surface area (Å²) in [4.78, 5) is 0. The van der Waals surface area contributed by atoms with Gasteiger partial charge in [0.2, 0.25) is 0 Å². The molecule has 1 saturated carbocycles. The van der Waals surface area contributed by atoms with Gasteiger partial charge in [0, 0.05) is 19.0 Å². The number of aliphatic hydroxyl groups is 1. The molecule has 0 bridgehead atoms. The number of tetrazole rings is 1. The number of aliphatic hydroxyl groups excluding tert-OH is 1. The summed E-state index contributed by atoms with van der Waals surface area (Å²) in [5.41, 5.74) is 2.56. The molecule has 26 heavy (non-hydrogen) atoms. The van der Waals surface area contributed by atoms with E-state index in [1.807, 2.05) is 12.1 Å². The molecule has 1 aromatic heterocycles. The number of rotatable bonds is 6. The van der Waals surface area contributed by atoms with E-state index in [9.17, 15) is 5.11 Å². The van der Waals surface area contributed by atoms with Gasteiger partial charge in [-0.2, -0.15) is 5.21 Å². The first kappa shape index (κ1) is 19.0. The zero-order valence-electron chi connectivity index (χ0n) is 16.1. The van der Waals surface area contributed by atoms with E-state index in [0.717, 1.165) is 18.0 Å². The first-order chi connectivity index (χ1) is 12.4. The molecule has 1 heterocycles. The van der Waals surface area contributed by atoms with Gasteiger partial charge in [-0.15, -0.1) is 10.2 Å². The molecule has 0 saturated heterocycles. The normalized spacial score (nSPS) is 22.3. The average molecular weight is 358 g/mol. The third-order valence-corrected chi connectivity index (χ3v) is 5.68. The summed E-state index contributed by atoms with van der Waals surface area (Å²) in [6.45, 7) is 7.96. The highest BCUT2D eigenvalue weighted by atomic mass is 16.3. The zero-order valence-corrected chi connectivity index (χ0v) is 16.1. The smallest absolute Gasteiger partial charge is 0.177 e. The maximum absolute atomic E-state index is 10.3. The maximum Gasteiger partial charge on any atom is 0.177 e. The minimum Gasteiger partial charge on any atom is -0.388 e. The van der Waals surface area contributed by atoms with Crippen molar-refractivity contribution >= 4 is 0 Å². The highest BCUT2D eigenvalue weighted by Gasteiger charge is 2.29. The topological polar surface area (TPSA) is 86.7 Å². The molecule has 0 amide bonds. The Morgan fingerprint density at radius 3 is 2.42 bits per heavy atom. The van der Waals surface area contributed by atoms with Crippen LogP contribution in [0.2, 0.25) is 0 Å². The van der Waals surface area contributed by atoms with Crippen LogP contribution in [0.4, 0.5) is 0 Å². The lowest BCUT2D eigenvalue weighted by molar-refractivity contribution is 0.160. The zero-order chi connectivity index (χ0) is 18.6. The molecule has 0 radical (unpaired) electrons. The van der Waals surface area contributed by atoms with Crippen LogP contribution in [0.25, 0.3) is 0 Å². The van der Waals surface area contributed by atoms with Gasteiger partial charge in [-0.25, -0.2) is 0 Å². The summed E-state index contributed by atoms with van der Waals surface area (Å²) in [5.74, 6) is 1.37. The van der Waals surface area contributed by atoms with E-state index in [1.54, 1.807) is 0 Å². The summed E-state index contributed by atoms with van der Waals surface area (Å²) in [6, 6.07) is 8.76. The molecule has 3 N–H and O–H groups in total. The number of nitrogens with one attached hydrogen (secondary N) is 2. The van der Waals surface area contributed by atoms with Gasteiger partial charge >= 0.3 is 0 Å². The molecule has 0 aliphatic heterocycles. The molecule has 0 spiro atoms. The Kier molecular flexibility index (Phi) is 6.04. The van der Waals surface area contributed by atoms with Crippen LogP contribution < -0.4 is 5.32 Å². The fourth-order valence-electron chi connectivity index (χ4n) is 3.84. The van der Waals surface area contributed by atoms with Gasteiger partial charge in [0.25, 0.3) is 0 Å². The predicted molar refractivity (Wildman–Crippen MR) is 101 cm³/mol. The lowest BCUT2D eigenvalue weighted by atomic mass is 9.71. The van der Waals surface area contributed by atoms with Crippen LogP contribution in [0.3, 0.4) is 0 Å². The number of benzene rings is 1. The maximum atomic E-state index is 10.3. The van der Waals surface area contributed by atoms with E-state index in [-0.39, 0.29) is 0 Å². The summed E-state index contributed by atoms with van der Waals surface area (Å²) >= 11 is 0. The summed E-state index contributed by atoms with van der Waals surface area (Å²) in [7, 11) is 0. The van der Waals surface area contributed by atoms with Crippen molar-refractivity contribution < 1.29 is 5.11 Å². The highest BCUT2D eigenvalue weighted by Crippen LogP contribution is 2.37. The molecule has 1 fully saturated rings. The van der Waals surface area contributed by atoms with Crippen molar-refractivity contribution in [2.45, 2.75) is 71.6 Å². The van der Waals surface area contributed by atoms with Crippen molar-refractivity contribution in [1.82, 2.24) is 25.9 Å². The Morgan fingerprint density at radius 2 is 1.85 bits per heavy atom. The fourth-order valence-corrected chi connectivity index (χ4v) is 3.84. The molecular formula is C20H31N5O. The molecule has 2 aromatic rings. The Labute approximate surface area is 155 Å². The van der Waals surface area contributed by atoms with Gasteiger partial charge in [-0.3, -0.25) is 0 Å². The van der Waals surface area contributed by atoms with Gasteiger partial charge in [-0.1, -0.05) is 50.3 Å². The van der Waals surface area contributed by atoms with Crippen molar-refractivity contribution in [3.8, 4) is 0 Å². The first-order valence-corrected chi connectivity index (χ1v) is 9.64. The van der Waals surface area contributed by atoms with E-state index in [1.165, 1.54) is 31.2 Å². The van der Waals surface area contributed by atoms with Crippen molar-refractivity contribution in [1.29, 1.82) is 0 Å². The average Bonchev–Trinajstić information content (AvgIpc) is 3.13. The standard InChI is InChI=1S/C20H31N5O/c1-20(2,3)16-8-10-17(11-9-16)21-13-14-4-6-15(7-5-14)18(26)12-19-22-24-25-23-19/h4-7,16-18,21,26H,8-13H2,1-3H3,(H,22,23,24,25). The molecule has 1 aliphatic carbocycles. The fraction of sp³-hybridized carbons (Fsp3) is 0.650. The van der Waals surface area contributed by atoms with Crippen LogP contribution in [0.15, 0.2) is 24.3 Å². The molecule has 142 valence electrons. The largest absolute Gasteiger partial charge is 0.388 e. The first-order valence-electron chi connectivity index (χ1n) is 9.64. The van der Waals surface area contributed by atoms with Gasteiger partial charge in [0.1, 0.15) is 0 Å². The molecule has 1 atom stereocenters. The highest BCUT2D eigenvalue weighted by molar-refractivity contribution is 5.24. The van der Waals surface area contributed by atoms with E-state index in [4.69, 9.17) is 0 Å². The number of H-pyrrole nitrogens is 1. The number of hydrogen-bond donors (Lipinski definition) is 3. The van der Waals surface area contributed by atoms with Crippen LogP contribution >= 0.6 is 0 Å². The Balaban J connectivity index is 1.45. The molecule has 1 unspecified atom stereocenters. The van der Waals surface area contributed by atoms with Gasteiger partial charge in [-0.05, 0) is 48.1 Å². The van der Waals surface area contributed by atoms with Crippen molar-refractivity contribution in [2.24, 2.45) is 11.3 Å². The third-order valence-electron chi connectivity index (χ3n) is 5.68. The Hall–Kier alpha value is -1.79. The van der Waals surface area contributed by atoms with Crippen LogP contribution in [0.5, 0.6) is 0 Å². The molecule has 6 heteroatoms. The quantitative estimate of drug-likeness (QED) is 0.739. The number of aromatic amines is 1. The Morgan fingerprint density at radius 1 is 1.15 bits per heavy atom. The van der Waals surface area contributed by atoms with E-state index < -0.39 is 6.10 Å². The van der Waals surface area contributed by atoms with Gasteiger partial charge in [0.05, 0.1) is 6.10 Å². The molecular weight excluding hydrogens is 326 g/mol. The second kappa shape index (κ2) is 8.27. The lowest BCUT2D eigenvalue weighted by Crippen LogP contribution is -2.35. The lowest BCUT2D eigenvalue weighted by Gasteiger charge is -2.37. The van der Waals surface area contributed by atoms with Crippen LogP contribution in [0, 0.1) is 11.3 Å². The van der Waals surface area contributed by atoms with Crippen molar-refractivity contribution in [2.75, 3.05) is 0 Å². The SMILES string of the molecule is CC(C)(C)C1CCC(NCc2ccc(C(O)Cc3nn[nH]n3)cc2)CC1. The third kappa shape index (κ3) is 5.11. The van der Waals surface area contributed by atoms with E-state index >= 15 is 0 Å². The van der Waals surface area contributed by atoms with Crippen LogP contribution in [-0.2, 0) is 13.0 Å². The van der Waals surface area contributed by atoms with Crippen molar-refractivity contribution in [3.05, 3.63) is 41.2 Å². The molecule has 1 aromatic carbocycles. The van der Waals surface area contributed by atoms with E-state index in [0.29, 0.717) is 23.7 Å². The minimum atomic E-state index is -0.609. The van der Waals surface area contributed by atoms with Crippen LogP contribution in [0.1, 0.15) is 69.5 Å². The second-order valence-corrected chi connectivity index (χ2v) is 8.59. The van der Waals surface area contributed by atoms with Gasteiger partial charge in [0.15, 0.2) is 5.82 Å². The number of nitrogens with zero attached hydrogens (tertiary/aromatic N) is 3. The Bertz CT molecular complexity index is 655. The monoisotopic (exact) mass is 357 g/mol. The number of aromatic nitrogens is 4. The van der Waals surface area contributed by atoms with Crippen molar-refractivity contribution in [3.63, 3.8) is 0 Å². The minimum absolute atomic E-state index is 0.366. The number of hydrogen-bond acceptors (Lipinski definition) is 5. The molecule has 3 rings (SSSR count). The predicted octanol–water partition coefficient (Wildman–Crippen LogP) is 3.17. The second-order valence-electron chi connectivity index (χ2n) is 8.59. The molecule has 6 nitrogen and oxygen atoms in total. The summed E-state index contributed by atoms with van der Waals surface area (Å²) < 4.78 is 0. The molecule has 1 aliphatic rings. The van der Waals surface area contributed by atoms with E-state index in [2.05, 4.69) is 58.8 Å². The summed E-state index contributed by atoms with van der Waals surface area (Å²) in [5, 5.41) is 27.7. The van der Waals surface area contributed by atoms with Crippen LogP contribution in [-0.4, -0.2) is 31.8 Å². The summed E-state index contributed by atoms with van der Waals surface area (Å²) in [6.07, 6.45) is 4.94.